The molecule has 0 bridgehead atoms. The maximum atomic E-state index is 5.08. The van der Waals surface area contributed by atoms with Crippen molar-refractivity contribution in [1.82, 2.24) is 5.32 Å². The number of ether oxygens (including phenoxy) is 1. The fourth-order valence-electron chi connectivity index (χ4n) is 1.18. The molecule has 0 spiro atoms. The van der Waals surface area contributed by atoms with E-state index in [-0.39, 0.29) is 12.4 Å². The predicted octanol–water partition coefficient (Wildman–Crippen LogP) is 2.91. The molecule has 88 valence electrons. The molecular formula is C13H18ClNO. The first-order valence-corrected chi connectivity index (χ1v) is 4.99. The Morgan fingerprint density at radius 2 is 1.94 bits per heavy atom. The second-order valence-corrected chi connectivity index (χ2v) is 3.12. The molecule has 1 aromatic carbocycles. The van der Waals surface area contributed by atoms with Crippen LogP contribution in [0.3, 0.4) is 0 Å². The molecule has 0 aromatic heterocycles. The maximum absolute atomic E-state index is 5.08. The van der Waals surface area contributed by atoms with E-state index in [4.69, 9.17) is 4.74 Å². The van der Waals surface area contributed by atoms with Gasteiger partial charge in [0.1, 0.15) is 5.75 Å². The molecule has 0 aliphatic carbocycles. The fraction of sp³-hybridized carbons (Fsp3) is 0.231. The van der Waals surface area contributed by atoms with Gasteiger partial charge in [-0.1, -0.05) is 30.4 Å². The molecule has 1 N–H and O–H groups in total. The zero-order valence-corrected chi connectivity index (χ0v) is 10.3. The Morgan fingerprint density at radius 1 is 1.25 bits per heavy atom. The third-order valence-electron chi connectivity index (χ3n) is 1.98. The minimum Gasteiger partial charge on any atom is -0.497 e. The van der Waals surface area contributed by atoms with Crippen LogP contribution >= 0.6 is 12.4 Å². The highest BCUT2D eigenvalue weighted by atomic mass is 35.5. The van der Waals surface area contributed by atoms with Gasteiger partial charge in [0, 0.05) is 13.1 Å². The van der Waals surface area contributed by atoms with E-state index < -0.39 is 0 Å². The van der Waals surface area contributed by atoms with Crippen LogP contribution in [-0.2, 0) is 0 Å². The minimum absolute atomic E-state index is 0. The molecule has 0 atom stereocenters. The summed E-state index contributed by atoms with van der Waals surface area (Å²) in [6.45, 7) is 5.33. The van der Waals surface area contributed by atoms with Crippen molar-refractivity contribution in [3.8, 4) is 5.75 Å². The molecule has 0 heterocycles. The zero-order chi connectivity index (χ0) is 10.9. The van der Waals surface area contributed by atoms with Crippen LogP contribution in [0.15, 0.2) is 43.0 Å². The van der Waals surface area contributed by atoms with Gasteiger partial charge in [0.05, 0.1) is 7.11 Å². The van der Waals surface area contributed by atoms with E-state index in [9.17, 15) is 0 Å². The molecule has 3 heteroatoms. The van der Waals surface area contributed by atoms with E-state index in [1.165, 1.54) is 5.56 Å². The molecule has 0 saturated heterocycles. The third-order valence-corrected chi connectivity index (χ3v) is 1.98. The number of benzene rings is 1. The van der Waals surface area contributed by atoms with Gasteiger partial charge in [-0.3, -0.25) is 0 Å². The van der Waals surface area contributed by atoms with Crippen LogP contribution in [0.5, 0.6) is 5.75 Å². The van der Waals surface area contributed by atoms with Crippen molar-refractivity contribution in [3.05, 3.63) is 48.6 Å². The van der Waals surface area contributed by atoms with Gasteiger partial charge in [0.2, 0.25) is 0 Å². The van der Waals surface area contributed by atoms with E-state index in [2.05, 4.69) is 24.0 Å². The van der Waals surface area contributed by atoms with Gasteiger partial charge >= 0.3 is 0 Å². The Hall–Kier alpha value is -1.25. The lowest BCUT2D eigenvalue weighted by molar-refractivity contribution is 0.415. The lowest BCUT2D eigenvalue weighted by Gasteiger charge is -1.99. The number of hydrogen-bond acceptors (Lipinski definition) is 2. The number of methoxy groups -OCH3 is 1. The van der Waals surface area contributed by atoms with Gasteiger partial charge in [0.15, 0.2) is 0 Å². The lowest BCUT2D eigenvalue weighted by atomic mass is 10.2. The average Bonchev–Trinajstić information content (AvgIpc) is 2.30. The van der Waals surface area contributed by atoms with E-state index in [0.29, 0.717) is 0 Å². The Morgan fingerprint density at radius 3 is 2.50 bits per heavy atom. The van der Waals surface area contributed by atoms with Crippen LogP contribution in [0.25, 0.3) is 6.08 Å². The largest absolute Gasteiger partial charge is 0.497 e. The normalized spacial score (nSPS) is 9.81. The van der Waals surface area contributed by atoms with Crippen molar-refractivity contribution < 1.29 is 4.74 Å². The van der Waals surface area contributed by atoms with Gasteiger partial charge < -0.3 is 10.1 Å². The molecule has 0 saturated carbocycles. The predicted molar refractivity (Wildman–Crippen MR) is 72.3 cm³/mol. The van der Waals surface area contributed by atoms with Crippen molar-refractivity contribution in [3.63, 3.8) is 0 Å². The molecule has 0 unspecified atom stereocenters. The van der Waals surface area contributed by atoms with Crippen molar-refractivity contribution in [2.24, 2.45) is 0 Å². The monoisotopic (exact) mass is 239 g/mol. The van der Waals surface area contributed by atoms with Gasteiger partial charge in [0.25, 0.3) is 0 Å². The van der Waals surface area contributed by atoms with Crippen molar-refractivity contribution in [1.29, 1.82) is 0 Å². The van der Waals surface area contributed by atoms with Crippen LogP contribution in [-0.4, -0.2) is 20.2 Å². The highest BCUT2D eigenvalue weighted by Gasteiger charge is 1.89. The molecule has 16 heavy (non-hydrogen) atoms. The molecule has 0 aliphatic heterocycles. The van der Waals surface area contributed by atoms with Crippen LogP contribution in [0, 0.1) is 0 Å². The first-order valence-electron chi connectivity index (χ1n) is 4.99. The maximum Gasteiger partial charge on any atom is 0.118 e. The van der Waals surface area contributed by atoms with Crippen LogP contribution in [0.4, 0.5) is 0 Å². The topological polar surface area (TPSA) is 21.3 Å². The molecule has 1 aromatic rings. The standard InChI is InChI=1S/C13H17NO.ClH/c1-3-10-14-11-4-5-12-6-8-13(15-2)9-7-12;/h3-9,14H,1,10-11H2,2H3;1H. The summed E-state index contributed by atoms with van der Waals surface area (Å²) in [6, 6.07) is 7.97. The van der Waals surface area contributed by atoms with Crippen molar-refractivity contribution in [2.45, 2.75) is 0 Å². The highest BCUT2D eigenvalue weighted by molar-refractivity contribution is 5.85. The summed E-state index contributed by atoms with van der Waals surface area (Å²) in [7, 11) is 1.67. The van der Waals surface area contributed by atoms with Crippen LogP contribution in [0.1, 0.15) is 5.56 Å². The van der Waals surface area contributed by atoms with E-state index in [0.717, 1.165) is 18.8 Å². The molecule has 1 rings (SSSR count). The van der Waals surface area contributed by atoms with Gasteiger partial charge in [-0.2, -0.15) is 0 Å². The molecule has 0 amide bonds. The molecule has 0 fully saturated rings. The van der Waals surface area contributed by atoms with Gasteiger partial charge in [-0.25, -0.2) is 0 Å². The first kappa shape index (κ1) is 14.8. The number of nitrogens with one attached hydrogen (secondary N) is 1. The number of rotatable bonds is 6. The average molecular weight is 240 g/mol. The minimum atomic E-state index is 0. The number of halogens is 1. The molecule has 2 nitrogen and oxygen atoms in total. The summed E-state index contributed by atoms with van der Waals surface area (Å²) in [6.07, 6.45) is 6.02. The van der Waals surface area contributed by atoms with Crippen LogP contribution in [0.2, 0.25) is 0 Å². The first-order chi connectivity index (χ1) is 7.36. The Kier molecular flexibility index (Phi) is 8.31. The molecule has 0 aliphatic rings. The summed E-state index contributed by atoms with van der Waals surface area (Å²) < 4.78 is 5.08. The van der Waals surface area contributed by atoms with Gasteiger partial charge in [-0.15, -0.1) is 19.0 Å². The van der Waals surface area contributed by atoms with Crippen molar-refractivity contribution >= 4 is 18.5 Å². The summed E-state index contributed by atoms with van der Waals surface area (Å²) >= 11 is 0. The van der Waals surface area contributed by atoms with E-state index >= 15 is 0 Å². The highest BCUT2D eigenvalue weighted by Crippen LogP contribution is 2.11. The second kappa shape index (κ2) is 9.01. The molecular weight excluding hydrogens is 222 g/mol. The SMILES string of the molecule is C=CCNCC=Cc1ccc(OC)cc1.Cl. The summed E-state index contributed by atoms with van der Waals surface area (Å²) in [5.74, 6) is 0.886. The summed E-state index contributed by atoms with van der Waals surface area (Å²) in [5, 5.41) is 3.20. The van der Waals surface area contributed by atoms with E-state index in [1.54, 1.807) is 7.11 Å². The second-order valence-electron chi connectivity index (χ2n) is 3.12. The van der Waals surface area contributed by atoms with E-state index in [1.807, 2.05) is 30.3 Å². The van der Waals surface area contributed by atoms with Crippen molar-refractivity contribution in [2.75, 3.05) is 20.2 Å². The third kappa shape index (κ3) is 5.59. The van der Waals surface area contributed by atoms with Gasteiger partial charge in [-0.05, 0) is 17.7 Å². The smallest absolute Gasteiger partial charge is 0.118 e. The molecule has 0 radical (unpaired) electrons. The number of hydrogen-bond donors (Lipinski definition) is 1. The fourth-order valence-corrected chi connectivity index (χ4v) is 1.18. The quantitative estimate of drug-likeness (QED) is 0.609. The Balaban J connectivity index is 0.00000225. The lowest BCUT2D eigenvalue weighted by Crippen LogP contribution is -2.12. The zero-order valence-electron chi connectivity index (χ0n) is 9.48. The Labute approximate surface area is 103 Å². The Bertz CT molecular complexity index is 319. The summed E-state index contributed by atoms with van der Waals surface area (Å²) in [4.78, 5) is 0. The van der Waals surface area contributed by atoms with Crippen LogP contribution < -0.4 is 10.1 Å². The summed E-state index contributed by atoms with van der Waals surface area (Å²) in [5.41, 5.74) is 1.18.